The van der Waals surface area contributed by atoms with Crippen LogP contribution in [0.15, 0.2) is 66.7 Å². The number of nitrogens with zero attached hydrogens (tertiary/aromatic N) is 1. The molecule has 170 valence electrons. The Labute approximate surface area is 201 Å². The van der Waals surface area contributed by atoms with Gasteiger partial charge in [-0.1, -0.05) is 60.5 Å². The first kappa shape index (κ1) is 23.0. The molecule has 1 heterocycles. The van der Waals surface area contributed by atoms with Gasteiger partial charge >= 0.3 is 12.1 Å². The number of aryl methyl sites for hydroxylation is 1. The van der Waals surface area contributed by atoms with Gasteiger partial charge in [0.05, 0.1) is 17.8 Å². The number of carboxylic acids is 1. The number of amides is 1. The number of fused-ring (bicyclic) bond motifs is 1. The Kier molecular flexibility index (Phi) is 6.90. The van der Waals surface area contributed by atoms with Crippen molar-refractivity contribution < 1.29 is 19.4 Å². The molecule has 1 atom stereocenters. The van der Waals surface area contributed by atoms with Gasteiger partial charge in [-0.15, -0.1) is 0 Å². The summed E-state index contributed by atoms with van der Waals surface area (Å²) in [6, 6.07) is 20.9. The van der Waals surface area contributed by atoms with Gasteiger partial charge in [0.2, 0.25) is 0 Å². The number of anilines is 1. The first-order chi connectivity index (χ1) is 16.4. The number of hydrogen-bond donors (Lipinski definition) is 2. The lowest BCUT2D eigenvalue weighted by atomic mass is 10.0. The van der Waals surface area contributed by atoms with Crippen LogP contribution < -0.4 is 5.32 Å². The number of carbonyl (C=O) groups excluding carboxylic acids is 1. The summed E-state index contributed by atoms with van der Waals surface area (Å²) in [7, 11) is 0. The summed E-state index contributed by atoms with van der Waals surface area (Å²) < 4.78 is 9.83. The molecule has 0 saturated heterocycles. The molecule has 0 saturated carbocycles. The van der Waals surface area contributed by atoms with Crippen LogP contribution in [0.4, 0.5) is 10.5 Å². The molecule has 0 radical (unpaired) electrons. The molecule has 4 aromatic rings. The Morgan fingerprint density at radius 3 is 2.56 bits per heavy atom. The van der Waals surface area contributed by atoms with Crippen molar-refractivity contribution in [2.75, 3.05) is 5.32 Å². The highest BCUT2D eigenvalue weighted by atomic mass is 32.1. The molecule has 0 unspecified atom stereocenters. The van der Waals surface area contributed by atoms with E-state index >= 15 is 0 Å². The third-order valence-electron chi connectivity index (χ3n) is 5.22. The van der Waals surface area contributed by atoms with Crippen molar-refractivity contribution in [3.05, 3.63) is 94.0 Å². The topological polar surface area (TPSA) is 88.5 Å². The average molecular weight is 471 g/mol. The third kappa shape index (κ3) is 5.61. The number of nitrogens with one attached hydrogen (secondary N) is 1. The predicted octanol–water partition coefficient (Wildman–Crippen LogP) is 5.94. The summed E-state index contributed by atoms with van der Waals surface area (Å²) in [5.74, 6) is 5.37. The van der Waals surface area contributed by atoms with Gasteiger partial charge in [-0.3, -0.25) is 10.1 Å². The highest BCUT2D eigenvalue weighted by Crippen LogP contribution is 2.25. The zero-order valence-corrected chi connectivity index (χ0v) is 19.5. The van der Waals surface area contributed by atoms with Gasteiger partial charge in [0, 0.05) is 5.56 Å². The number of benzene rings is 3. The van der Waals surface area contributed by atoms with Crippen molar-refractivity contribution in [3.63, 3.8) is 0 Å². The zero-order valence-electron chi connectivity index (χ0n) is 18.7. The fraction of sp³-hybridized carbons (Fsp3) is 0.148. The van der Waals surface area contributed by atoms with Crippen LogP contribution in [-0.4, -0.2) is 21.5 Å². The lowest BCUT2D eigenvalue weighted by Gasteiger charge is -2.14. The van der Waals surface area contributed by atoms with E-state index in [2.05, 4.69) is 21.5 Å². The Bertz CT molecular complexity index is 1420. The van der Waals surface area contributed by atoms with Crippen molar-refractivity contribution in [1.29, 1.82) is 0 Å². The monoisotopic (exact) mass is 470 g/mol. The van der Waals surface area contributed by atoms with Crippen LogP contribution >= 0.6 is 11.5 Å². The summed E-state index contributed by atoms with van der Waals surface area (Å²) in [4.78, 5) is 24.0. The Morgan fingerprint density at radius 1 is 1.06 bits per heavy atom. The minimum atomic E-state index is -0.857. The van der Waals surface area contributed by atoms with E-state index in [1.165, 1.54) is 11.5 Å². The minimum absolute atomic E-state index is 0.00936. The van der Waals surface area contributed by atoms with Crippen LogP contribution in [0, 0.1) is 18.8 Å². The number of carbonyl (C=O) groups is 2. The van der Waals surface area contributed by atoms with Crippen LogP contribution in [0.3, 0.4) is 0 Å². The molecular formula is C27H22N2O4S. The van der Waals surface area contributed by atoms with Crippen LogP contribution in [0.1, 0.15) is 40.3 Å². The van der Waals surface area contributed by atoms with Crippen LogP contribution in [0.25, 0.3) is 10.8 Å². The van der Waals surface area contributed by atoms with E-state index in [-0.39, 0.29) is 6.42 Å². The Hall–Kier alpha value is -4.15. The molecule has 1 amide bonds. The number of carboxylic acid groups (broad SMARTS) is 1. The first-order valence-electron chi connectivity index (χ1n) is 10.6. The minimum Gasteiger partial charge on any atom is -0.481 e. The largest absolute Gasteiger partial charge is 0.481 e. The summed E-state index contributed by atoms with van der Waals surface area (Å²) in [6.07, 6.45) is -0.966. The molecule has 34 heavy (non-hydrogen) atoms. The van der Waals surface area contributed by atoms with Crippen LogP contribution in [0.2, 0.25) is 0 Å². The molecule has 6 nitrogen and oxygen atoms in total. The molecule has 1 aromatic heterocycles. The molecule has 3 aromatic carbocycles. The van der Waals surface area contributed by atoms with Crippen molar-refractivity contribution in [1.82, 2.24) is 4.37 Å². The summed E-state index contributed by atoms with van der Waals surface area (Å²) in [5, 5.41) is 13.7. The predicted molar refractivity (Wildman–Crippen MR) is 133 cm³/mol. The molecule has 0 aliphatic carbocycles. The van der Waals surface area contributed by atoms with Gasteiger partial charge in [-0.05, 0) is 65.3 Å². The van der Waals surface area contributed by atoms with Gasteiger partial charge in [0.15, 0.2) is 0 Å². The molecule has 0 spiro atoms. The molecule has 0 bridgehead atoms. The van der Waals surface area contributed by atoms with Crippen LogP contribution in [0.5, 0.6) is 0 Å². The fourth-order valence-corrected chi connectivity index (χ4v) is 4.18. The lowest BCUT2D eigenvalue weighted by Crippen LogP contribution is -2.16. The van der Waals surface area contributed by atoms with Crippen molar-refractivity contribution in [2.24, 2.45) is 0 Å². The van der Waals surface area contributed by atoms with Crippen LogP contribution in [-0.2, 0) is 16.0 Å². The molecule has 2 N–H and O–H groups in total. The summed E-state index contributed by atoms with van der Waals surface area (Å²) in [5.41, 5.74) is 3.67. The lowest BCUT2D eigenvalue weighted by molar-refractivity contribution is -0.136. The maximum Gasteiger partial charge on any atom is 0.412 e. The second kappa shape index (κ2) is 10.2. The Morgan fingerprint density at radius 2 is 1.79 bits per heavy atom. The molecular weight excluding hydrogens is 448 g/mol. The second-order valence-corrected chi connectivity index (χ2v) is 8.55. The average Bonchev–Trinajstić information content (AvgIpc) is 3.16. The Balaban J connectivity index is 1.49. The van der Waals surface area contributed by atoms with Gasteiger partial charge in [0.25, 0.3) is 0 Å². The highest BCUT2D eigenvalue weighted by Gasteiger charge is 2.16. The normalized spacial score (nSPS) is 11.4. The smallest absolute Gasteiger partial charge is 0.412 e. The maximum absolute atomic E-state index is 12.5. The van der Waals surface area contributed by atoms with Crippen molar-refractivity contribution >= 4 is 40.1 Å². The highest BCUT2D eigenvalue weighted by molar-refractivity contribution is 7.07. The van der Waals surface area contributed by atoms with Gasteiger partial charge < -0.3 is 9.84 Å². The summed E-state index contributed by atoms with van der Waals surface area (Å²) in [6.45, 7) is 3.63. The molecule has 0 aliphatic heterocycles. The number of hydrogen-bond acceptors (Lipinski definition) is 5. The van der Waals surface area contributed by atoms with E-state index in [0.29, 0.717) is 16.3 Å². The SMILES string of the molecule is Cc1nsc(C#Cc2ccc3cc(CC(=O)O)ccc3c2)c1NC(=O)O[C@H](C)c1ccccc1. The zero-order chi connectivity index (χ0) is 24.1. The maximum atomic E-state index is 12.5. The van der Waals surface area contributed by atoms with Crippen molar-refractivity contribution in [3.8, 4) is 11.8 Å². The number of aliphatic carboxylic acids is 1. The van der Waals surface area contributed by atoms with Crippen molar-refractivity contribution in [2.45, 2.75) is 26.4 Å². The third-order valence-corrected chi connectivity index (χ3v) is 6.08. The van der Waals surface area contributed by atoms with E-state index in [4.69, 9.17) is 9.84 Å². The molecule has 0 aliphatic rings. The standard InChI is InChI=1S/C27H22N2O4S/c1-17-26(28-27(32)33-18(2)21-6-4-3-5-7-21)24(34-29-17)13-10-19-8-11-23-15-20(16-25(30)31)9-12-22(23)14-19/h3-9,11-12,14-15,18H,16H2,1-2H3,(H,28,32)(H,30,31)/t18-/m1/s1. The first-order valence-corrected chi connectivity index (χ1v) is 11.4. The van der Waals surface area contributed by atoms with E-state index in [0.717, 1.165) is 27.5 Å². The van der Waals surface area contributed by atoms with E-state index in [1.807, 2.05) is 80.6 Å². The second-order valence-electron chi connectivity index (χ2n) is 7.77. The quantitative estimate of drug-likeness (QED) is 0.352. The summed E-state index contributed by atoms with van der Waals surface area (Å²) >= 11 is 1.21. The van der Waals surface area contributed by atoms with E-state index < -0.39 is 18.2 Å². The molecule has 0 fully saturated rings. The van der Waals surface area contributed by atoms with E-state index in [1.54, 1.807) is 0 Å². The molecule has 7 heteroatoms. The fourth-order valence-electron chi connectivity index (χ4n) is 3.47. The van der Waals surface area contributed by atoms with Gasteiger partial charge in [-0.2, -0.15) is 4.37 Å². The van der Waals surface area contributed by atoms with Gasteiger partial charge in [0.1, 0.15) is 11.0 Å². The number of rotatable bonds is 5. The number of ether oxygens (including phenoxy) is 1. The van der Waals surface area contributed by atoms with E-state index in [9.17, 15) is 9.59 Å². The number of aromatic nitrogens is 1. The van der Waals surface area contributed by atoms with Gasteiger partial charge in [-0.25, -0.2) is 4.79 Å². The molecule has 4 rings (SSSR count).